The smallest absolute Gasteiger partial charge is 0.0619 e. The van der Waals surface area contributed by atoms with Gasteiger partial charge in [-0.05, 0) is 37.3 Å². The van der Waals surface area contributed by atoms with Gasteiger partial charge in [0.15, 0.2) is 0 Å². The van der Waals surface area contributed by atoms with Gasteiger partial charge >= 0.3 is 0 Å². The lowest BCUT2D eigenvalue weighted by atomic mass is 10.1. The molecule has 0 radical (unpaired) electrons. The number of aromatic nitrogens is 2. The van der Waals surface area contributed by atoms with Gasteiger partial charge in [0.1, 0.15) is 0 Å². The molecule has 0 spiro atoms. The fourth-order valence-electron chi connectivity index (χ4n) is 4.73. The molecule has 0 bridgehead atoms. The van der Waals surface area contributed by atoms with Gasteiger partial charge in [-0.1, -0.05) is 61.7 Å². The number of nitrogens with zero attached hydrogens (tertiary/aromatic N) is 1. The molecule has 2 heteroatoms. The van der Waals surface area contributed by atoms with Crippen LogP contribution >= 0.6 is 0 Å². The first kappa shape index (κ1) is 16.6. The van der Waals surface area contributed by atoms with E-state index in [0.717, 1.165) is 11.2 Å². The van der Waals surface area contributed by atoms with Gasteiger partial charge in [0.2, 0.25) is 0 Å². The second-order valence-electron chi connectivity index (χ2n) is 7.05. The molecule has 0 aliphatic carbocycles. The van der Waals surface area contributed by atoms with Gasteiger partial charge in [-0.3, -0.25) is 0 Å². The number of rotatable bonds is 2. The van der Waals surface area contributed by atoms with Crippen molar-refractivity contribution in [2.75, 3.05) is 0 Å². The summed E-state index contributed by atoms with van der Waals surface area (Å²) < 4.78 is 2.41. The summed E-state index contributed by atoms with van der Waals surface area (Å²) in [6.45, 7) is 12.2. The predicted molar refractivity (Wildman–Crippen MR) is 124 cm³/mol. The number of hydrogen-bond acceptors (Lipinski definition) is 0. The minimum Gasteiger partial charge on any atom is -0.354 e. The number of benzene rings is 2. The van der Waals surface area contributed by atoms with Crippen LogP contribution in [0, 0.1) is 0 Å². The zero-order chi connectivity index (χ0) is 19.4. The number of H-pyrrole nitrogens is 1. The summed E-state index contributed by atoms with van der Waals surface area (Å²) >= 11 is 0. The molecule has 136 valence electrons. The zero-order valence-corrected chi connectivity index (χ0v) is 16.2. The highest BCUT2D eigenvalue weighted by atomic mass is 14.9. The molecular weight excluding hydrogens is 340 g/mol. The molecule has 3 aromatic heterocycles. The van der Waals surface area contributed by atoms with Gasteiger partial charge in [0, 0.05) is 43.3 Å². The Kier molecular flexibility index (Phi) is 3.56. The van der Waals surface area contributed by atoms with Crippen molar-refractivity contribution in [1.29, 1.82) is 0 Å². The average molecular weight is 362 g/mol. The molecule has 28 heavy (non-hydrogen) atoms. The third-order valence-electron chi connectivity index (χ3n) is 5.75. The van der Waals surface area contributed by atoms with Gasteiger partial charge in [-0.25, -0.2) is 0 Å². The highest BCUT2D eigenvalue weighted by Crippen LogP contribution is 2.29. The average Bonchev–Trinajstić information content (AvgIpc) is 3.21. The lowest BCUT2D eigenvalue weighted by Gasteiger charge is -2.00. The quantitative estimate of drug-likeness (QED) is 0.472. The Labute approximate surface area is 163 Å². The third-order valence-corrected chi connectivity index (χ3v) is 5.75. The lowest BCUT2D eigenvalue weighted by molar-refractivity contribution is 1.20. The normalized spacial score (nSPS) is 14.3. The van der Waals surface area contributed by atoms with Gasteiger partial charge in [-0.2, -0.15) is 0 Å². The predicted octanol–water partition coefficient (Wildman–Crippen LogP) is 4.66. The number of hydrogen-bond donors (Lipinski definition) is 1. The maximum absolute atomic E-state index is 4.06. The van der Waals surface area contributed by atoms with E-state index in [4.69, 9.17) is 0 Å². The summed E-state index contributed by atoms with van der Waals surface area (Å²) in [5.74, 6) is 0. The standard InChI is InChI=1S/C26H22N2/c1-5-11-17-19-13-9-12-18-16(6-2)24-20(7-3)27-21-14-10-15-23(25(21)24)28(26(18)19)22(17)8-4/h5-15,27H,1,3H2,2,4H3/b16-6-,17-11-,22-8+. The second kappa shape index (κ2) is 6.00. The maximum Gasteiger partial charge on any atom is 0.0619 e. The van der Waals surface area contributed by atoms with Crippen LogP contribution < -0.4 is 15.8 Å². The number of allylic oxidation sites excluding steroid dienone is 1. The Balaban J connectivity index is 2.40. The summed E-state index contributed by atoms with van der Waals surface area (Å²) in [6.07, 6.45) is 10.3. The van der Waals surface area contributed by atoms with E-state index in [0.29, 0.717) is 0 Å². The van der Waals surface area contributed by atoms with Crippen LogP contribution in [0.1, 0.15) is 19.5 Å². The maximum atomic E-state index is 4.06. The van der Waals surface area contributed by atoms with E-state index in [9.17, 15) is 0 Å². The summed E-state index contributed by atoms with van der Waals surface area (Å²) in [6, 6.07) is 13.1. The SMILES string of the molecule is C=C/C=c1\c(=C/C)n2c3cccc4[nH]c(C=C)c(/c(=C\C)c5cccc1c52)c43. The number of aromatic amines is 1. The van der Waals surface area contributed by atoms with Crippen molar-refractivity contribution in [2.24, 2.45) is 0 Å². The largest absolute Gasteiger partial charge is 0.354 e. The van der Waals surface area contributed by atoms with Crippen LogP contribution in [0.25, 0.3) is 62.4 Å². The van der Waals surface area contributed by atoms with Gasteiger partial charge in [0.05, 0.1) is 11.0 Å². The summed E-state index contributed by atoms with van der Waals surface area (Å²) in [5, 5.41) is 8.61. The van der Waals surface area contributed by atoms with Crippen LogP contribution in [0.5, 0.6) is 0 Å². The van der Waals surface area contributed by atoms with Crippen molar-refractivity contribution in [3.8, 4) is 0 Å². The molecule has 1 N–H and O–H groups in total. The molecule has 0 aliphatic rings. The summed E-state index contributed by atoms with van der Waals surface area (Å²) in [7, 11) is 0. The van der Waals surface area contributed by atoms with Crippen molar-refractivity contribution >= 4 is 62.4 Å². The number of fused-ring (bicyclic) bond motifs is 1. The molecule has 0 aliphatic heterocycles. The van der Waals surface area contributed by atoms with Crippen molar-refractivity contribution < 1.29 is 0 Å². The second-order valence-corrected chi connectivity index (χ2v) is 7.05. The van der Waals surface area contributed by atoms with E-state index in [2.05, 4.69) is 91.0 Å². The minimum absolute atomic E-state index is 1.07. The molecule has 0 saturated carbocycles. The van der Waals surface area contributed by atoms with Crippen LogP contribution in [0.4, 0.5) is 0 Å². The van der Waals surface area contributed by atoms with Crippen molar-refractivity contribution in [3.63, 3.8) is 0 Å². The molecule has 0 atom stereocenters. The van der Waals surface area contributed by atoms with E-state index >= 15 is 0 Å². The fraction of sp³-hybridized carbons (Fsp3) is 0.0769. The Morgan fingerprint density at radius 3 is 2.32 bits per heavy atom. The van der Waals surface area contributed by atoms with E-state index in [1.165, 1.54) is 48.4 Å². The van der Waals surface area contributed by atoms with Crippen LogP contribution in [0.3, 0.4) is 0 Å². The first-order chi connectivity index (χ1) is 13.7. The van der Waals surface area contributed by atoms with E-state index < -0.39 is 0 Å². The molecule has 5 aromatic rings. The minimum atomic E-state index is 1.07. The zero-order valence-electron chi connectivity index (χ0n) is 16.2. The molecule has 3 heterocycles. The Hall–Kier alpha value is -3.52. The summed E-state index contributed by atoms with van der Waals surface area (Å²) in [4.78, 5) is 3.56. The first-order valence-electron chi connectivity index (χ1n) is 9.62. The molecule has 0 unspecified atom stereocenters. The van der Waals surface area contributed by atoms with Crippen LogP contribution in [0.15, 0.2) is 55.6 Å². The van der Waals surface area contributed by atoms with Crippen molar-refractivity contribution in [3.05, 3.63) is 77.1 Å². The molecule has 0 saturated heterocycles. The molecule has 0 fully saturated rings. The number of para-hydroxylation sites is 1. The Morgan fingerprint density at radius 1 is 0.893 bits per heavy atom. The fourth-order valence-corrected chi connectivity index (χ4v) is 4.73. The first-order valence-corrected chi connectivity index (χ1v) is 9.62. The highest BCUT2D eigenvalue weighted by molar-refractivity contribution is 6.15. The molecule has 5 rings (SSSR count). The third kappa shape index (κ3) is 1.92. The van der Waals surface area contributed by atoms with Gasteiger partial charge in [0.25, 0.3) is 0 Å². The molecule has 0 amide bonds. The van der Waals surface area contributed by atoms with Crippen LogP contribution in [-0.4, -0.2) is 9.38 Å². The van der Waals surface area contributed by atoms with E-state index in [-0.39, 0.29) is 0 Å². The summed E-state index contributed by atoms with van der Waals surface area (Å²) in [5.41, 5.74) is 4.64. The molecule has 2 aromatic carbocycles. The van der Waals surface area contributed by atoms with Gasteiger partial charge < -0.3 is 9.38 Å². The number of nitrogens with one attached hydrogen (secondary N) is 1. The Bertz CT molecular complexity index is 1600. The Morgan fingerprint density at radius 2 is 1.64 bits per heavy atom. The van der Waals surface area contributed by atoms with Crippen molar-refractivity contribution in [2.45, 2.75) is 13.8 Å². The van der Waals surface area contributed by atoms with Crippen molar-refractivity contribution in [1.82, 2.24) is 9.38 Å². The highest BCUT2D eigenvalue weighted by Gasteiger charge is 2.16. The molecular formula is C26H22N2. The topological polar surface area (TPSA) is 20.2 Å². The van der Waals surface area contributed by atoms with E-state index in [1.54, 1.807) is 0 Å². The lowest BCUT2D eigenvalue weighted by Crippen LogP contribution is -2.25. The van der Waals surface area contributed by atoms with E-state index in [1.807, 2.05) is 12.2 Å². The van der Waals surface area contributed by atoms with Gasteiger partial charge in [-0.15, -0.1) is 0 Å². The van der Waals surface area contributed by atoms with Crippen LogP contribution in [-0.2, 0) is 0 Å². The monoisotopic (exact) mass is 362 g/mol. The van der Waals surface area contributed by atoms with Crippen LogP contribution in [0.2, 0.25) is 0 Å². The molecule has 2 nitrogen and oxygen atoms in total.